The lowest BCUT2D eigenvalue weighted by atomic mass is 10.1. The third-order valence-electron chi connectivity index (χ3n) is 2.73. The summed E-state index contributed by atoms with van der Waals surface area (Å²) in [4.78, 5) is 38.4. The summed E-state index contributed by atoms with van der Waals surface area (Å²) in [7, 11) is 1.56. The fourth-order valence-corrected chi connectivity index (χ4v) is 2.79. The first-order chi connectivity index (χ1) is 9.88. The first-order valence-corrected chi connectivity index (χ1v) is 7.69. The summed E-state index contributed by atoms with van der Waals surface area (Å²) in [6.45, 7) is 1.73. The van der Waals surface area contributed by atoms with Crippen molar-refractivity contribution in [1.29, 1.82) is 0 Å². The third-order valence-corrected chi connectivity index (χ3v) is 4.40. The van der Waals surface area contributed by atoms with E-state index in [2.05, 4.69) is 26.0 Å². The Labute approximate surface area is 132 Å². The van der Waals surface area contributed by atoms with Gasteiger partial charge >= 0.3 is 11.1 Å². The molecule has 0 aliphatic heterocycles. The summed E-state index contributed by atoms with van der Waals surface area (Å²) < 4.78 is 2.23. The number of rotatable bonds is 4. The quantitative estimate of drug-likeness (QED) is 0.502. The Morgan fingerprint density at radius 1 is 1.33 bits per heavy atom. The maximum Gasteiger partial charge on any atom is 0.339 e. The Hall–Kier alpha value is -1.67. The molecule has 1 N–H and O–H groups in total. The molecule has 0 aliphatic carbocycles. The Morgan fingerprint density at radius 2 is 1.95 bits per heavy atom. The minimum Gasteiger partial charge on any atom is -0.293 e. The van der Waals surface area contributed by atoms with E-state index in [-0.39, 0.29) is 10.9 Å². The van der Waals surface area contributed by atoms with E-state index >= 15 is 0 Å². The van der Waals surface area contributed by atoms with Gasteiger partial charge in [-0.25, -0.2) is 0 Å². The lowest BCUT2D eigenvalue weighted by Gasteiger charge is -2.11. The van der Waals surface area contributed by atoms with Gasteiger partial charge in [0.15, 0.2) is 10.9 Å². The first-order valence-electron chi connectivity index (χ1n) is 6.02. The van der Waals surface area contributed by atoms with Crippen LogP contribution in [0.4, 0.5) is 0 Å². The van der Waals surface area contributed by atoms with E-state index in [0.717, 1.165) is 16.2 Å². The highest BCUT2D eigenvalue weighted by atomic mass is 79.9. The molecule has 2 aromatic rings. The molecule has 2 rings (SSSR count). The van der Waals surface area contributed by atoms with Crippen molar-refractivity contribution < 1.29 is 4.79 Å². The maximum atomic E-state index is 12.3. The highest BCUT2D eigenvalue weighted by Crippen LogP contribution is 2.22. The second-order valence-electron chi connectivity index (χ2n) is 4.33. The summed E-state index contributed by atoms with van der Waals surface area (Å²) >= 11 is 4.43. The molecule has 1 atom stereocenters. The number of hydrogen-bond donors (Lipinski definition) is 1. The van der Waals surface area contributed by atoms with Crippen LogP contribution in [0.5, 0.6) is 0 Å². The normalized spacial score (nSPS) is 12.1. The molecular weight excluding hydrogens is 358 g/mol. The lowest BCUT2D eigenvalue weighted by molar-refractivity contribution is 0.0994. The summed E-state index contributed by atoms with van der Waals surface area (Å²) in [5.41, 5.74) is -1.07. The SMILES string of the molecule is CC(Sc1nc(=O)c(=O)[nH]n1C)C(=O)c1ccc(Br)cc1. The zero-order valence-corrected chi connectivity index (χ0v) is 13.7. The molecule has 0 spiro atoms. The van der Waals surface area contributed by atoms with E-state index in [9.17, 15) is 14.4 Å². The number of H-pyrrole nitrogens is 1. The fraction of sp³-hybridized carbons (Fsp3) is 0.231. The van der Waals surface area contributed by atoms with Crippen molar-refractivity contribution in [3.05, 3.63) is 55.0 Å². The molecule has 1 aromatic heterocycles. The average Bonchev–Trinajstić information content (AvgIpc) is 2.44. The molecule has 0 bridgehead atoms. The standard InChI is InChI=1S/C13H12BrN3O3S/c1-7(10(18)8-3-5-9(14)6-4-8)21-13-15-11(19)12(20)16-17(13)2/h3-7H,1-2H3,(H,16,20). The molecule has 0 amide bonds. The van der Waals surface area contributed by atoms with Crippen molar-refractivity contribution in [1.82, 2.24) is 14.8 Å². The van der Waals surface area contributed by atoms with Crippen LogP contribution in [-0.4, -0.2) is 25.8 Å². The fourth-order valence-electron chi connectivity index (χ4n) is 1.63. The van der Waals surface area contributed by atoms with Gasteiger partial charge in [0.05, 0.1) is 5.25 Å². The van der Waals surface area contributed by atoms with Crippen molar-refractivity contribution in [3.63, 3.8) is 0 Å². The van der Waals surface area contributed by atoms with Gasteiger partial charge < -0.3 is 0 Å². The molecule has 1 unspecified atom stereocenters. The number of carbonyl (C=O) groups excluding carboxylic acids is 1. The predicted octanol–water partition coefficient (Wildman–Crippen LogP) is 1.59. The molecule has 1 heterocycles. The van der Waals surface area contributed by atoms with Gasteiger partial charge in [-0.15, -0.1) is 0 Å². The number of aryl methyl sites for hydroxylation is 1. The number of halogens is 1. The second-order valence-corrected chi connectivity index (χ2v) is 6.55. The minimum atomic E-state index is -0.862. The van der Waals surface area contributed by atoms with Gasteiger partial charge in [0.1, 0.15) is 0 Å². The molecule has 0 saturated heterocycles. The molecular formula is C13H12BrN3O3S. The number of thioether (sulfide) groups is 1. The molecule has 6 nitrogen and oxygen atoms in total. The van der Waals surface area contributed by atoms with Gasteiger partial charge in [0.2, 0.25) is 0 Å². The van der Waals surface area contributed by atoms with Gasteiger partial charge in [-0.05, 0) is 19.1 Å². The third kappa shape index (κ3) is 3.70. The molecule has 21 heavy (non-hydrogen) atoms. The number of Topliss-reactive ketones (excluding diaryl/α,β-unsaturated/α-hetero) is 1. The van der Waals surface area contributed by atoms with E-state index in [1.54, 1.807) is 38.2 Å². The van der Waals surface area contributed by atoms with Crippen LogP contribution in [0.2, 0.25) is 0 Å². The van der Waals surface area contributed by atoms with Crippen molar-refractivity contribution in [2.45, 2.75) is 17.3 Å². The topological polar surface area (TPSA) is 84.8 Å². The Morgan fingerprint density at radius 3 is 2.57 bits per heavy atom. The predicted molar refractivity (Wildman–Crippen MR) is 83.9 cm³/mol. The van der Waals surface area contributed by atoms with E-state index < -0.39 is 16.4 Å². The van der Waals surface area contributed by atoms with Crippen molar-refractivity contribution in [3.8, 4) is 0 Å². The number of hydrogen-bond acceptors (Lipinski definition) is 5. The molecule has 0 fully saturated rings. The first kappa shape index (κ1) is 15.7. The van der Waals surface area contributed by atoms with Crippen LogP contribution in [0.1, 0.15) is 17.3 Å². The van der Waals surface area contributed by atoms with Crippen LogP contribution < -0.4 is 11.1 Å². The van der Waals surface area contributed by atoms with Gasteiger partial charge in [0.25, 0.3) is 0 Å². The summed E-state index contributed by atoms with van der Waals surface area (Å²) in [6.07, 6.45) is 0. The van der Waals surface area contributed by atoms with Gasteiger partial charge in [0, 0.05) is 17.1 Å². The molecule has 8 heteroatoms. The summed E-state index contributed by atoms with van der Waals surface area (Å²) in [6, 6.07) is 7.03. The highest BCUT2D eigenvalue weighted by Gasteiger charge is 2.19. The van der Waals surface area contributed by atoms with Gasteiger partial charge in [-0.2, -0.15) is 4.98 Å². The van der Waals surface area contributed by atoms with Crippen LogP contribution in [0.15, 0.2) is 43.5 Å². The van der Waals surface area contributed by atoms with Crippen LogP contribution in [0.25, 0.3) is 0 Å². The number of ketones is 1. The number of benzene rings is 1. The van der Waals surface area contributed by atoms with Crippen LogP contribution in [0.3, 0.4) is 0 Å². The van der Waals surface area contributed by atoms with Crippen LogP contribution in [-0.2, 0) is 7.05 Å². The zero-order chi connectivity index (χ0) is 15.6. The second kappa shape index (κ2) is 6.40. The Bertz CT molecular complexity index is 782. The molecule has 0 aliphatic rings. The average molecular weight is 370 g/mol. The van der Waals surface area contributed by atoms with E-state index in [1.165, 1.54) is 4.68 Å². The largest absolute Gasteiger partial charge is 0.339 e. The summed E-state index contributed by atoms with van der Waals surface area (Å²) in [5.74, 6) is -0.0760. The molecule has 110 valence electrons. The van der Waals surface area contributed by atoms with Crippen LogP contribution >= 0.6 is 27.7 Å². The minimum absolute atomic E-state index is 0.0760. The van der Waals surface area contributed by atoms with E-state index in [1.807, 2.05) is 0 Å². The monoisotopic (exact) mass is 369 g/mol. The van der Waals surface area contributed by atoms with Crippen molar-refractivity contribution in [2.24, 2.45) is 7.05 Å². The van der Waals surface area contributed by atoms with Gasteiger partial charge in [-0.3, -0.25) is 24.2 Å². The van der Waals surface area contributed by atoms with Gasteiger partial charge in [-0.1, -0.05) is 39.8 Å². The number of aromatic nitrogens is 3. The Kier molecular flexibility index (Phi) is 4.79. The van der Waals surface area contributed by atoms with E-state index in [4.69, 9.17) is 0 Å². The number of nitrogens with zero attached hydrogens (tertiary/aromatic N) is 2. The highest BCUT2D eigenvalue weighted by molar-refractivity contribution is 9.10. The molecule has 0 radical (unpaired) electrons. The zero-order valence-electron chi connectivity index (χ0n) is 11.3. The molecule has 0 saturated carbocycles. The van der Waals surface area contributed by atoms with Crippen molar-refractivity contribution in [2.75, 3.05) is 0 Å². The number of aromatic amines is 1. The number of nitrogens with one attached hydrogen (secondary N) is 1. The van der Waals surface area contributed by atoms with E-state index in [0.29, 0.717) is 5.56 Å². The smallest absolute Gasteiger partial charge is 0.293 e. The van der Waals surface area contributed by atoms with Crippen molar-refractivity contribution >= 4 is 33.5 Å². The number of carbonyl (C=O) groups is 1. The molecule has 1 aromatic carbocycles. The lowest BCUT2D eigenvalue weighted by Crippen LogP contribution is -2.34. The maximum absolute atomic E-state index is 12.3. The summed E-state index contributed by atoms with van der Waals surface area (Å²) in [5, 5.41) is 2.20. The van der Waals surface area contributed by atoms with Crippen LogP contribution in [0, 0.1) is 0 Å². The Balaban J connectivity index is 2.21.